The highest BCUT2D eigenvalue weighted by atomic mass is 16.5. The van der Waals surface area contributed by atoms with Gasteiger partial charge in [0.1, 0.15) is 0 Å². The molecule has 0 heterocycles. The first-order chi connectivity index (χ1) is 6.41. The molecule has 0 atom stereocenters. The molecule has 0 rings (SSSR count). The van der Waals surface area contributed by atoms with Gasteiger partial charge in [-0.3, -0.25) is 0 Å². The Hall–Kier alpha value is -0.0800. The van der Waals surface area contributed by atoms with E-state index in [0.717, 1.165) is 26.2 Å². The second-order valence-corrected chi connectivity index (χ2v) is 2.78. The molecule has 0 spiro atoms. The Kier molecular flexibility index (Phi) is 21.2. The zero-order valence-corrected chi connectivity index (χ0v) is 9.86. The lowest BCUT2D eigenvalue weighted by Gasteiger charge is -2.01. The Morgan fingerprint density at radius 3 is 2.23 bits per heavy atom. The summed E-state index contributed by atoms with van der Waals surface area (Å²) < 4.78 is 5.34. The second-order valence-electron chi connectivity index (χ2n) is 2.78. The van der Waals surface area contributed by atoms with Crippen LogP contribution in [0.5, 0.6) is 0 Å². The highest BCUT2D eigenvalue weighted by Gasteiger charge is 1.88. The van der Waals surface area contributed by atoms with Crippen LogP contribution in [0.3, 0.4) is 0 Å². The summed E-state index contributed by atoms with van der Waals surface area (Å²) in [6, 6.07) is 0. The van der Waals surface area contributed by atoms with Crippen molar-refractivity contribution >= 4 is 0 Å². The molecule has 0 aliphatic heterocycles. The SMILES string of the molecule is CC.CCCOCCCCCNC. The quantitative estimate of drug-likeness (QED) is 0.593. The van der Waals surface area contributed by atoms with Crippen LogP contribution >= 0.6 is 0 Å². The van der Waals surface area contributed by atoms with Gasteiger partial charge < -0.3 is 10.1 Å². The van der Waals surface area contributed by atoms with E-state index in [-0.39, 0.29) is 0 Å². The van der Waals surface area contributed by atoms with E-state index in [1.165, 1.54) is 19.3 Å². The van der Waals surface area contributed by atoms with Gasteiger partial charge in [-0.1, -0.05) is 20.8 Å². The van der Waals surface area contributed by atoms with Gasteiger partial charge in [0.2, 0.25) is 0 Å². The van der Waals surface area contributed by atoms with E-state index in [2.05, 4.69) is 12.2 Å². The second kappa shape index (κ2) is 17.9. The molecule has 13 heavy (non-hydrogen) atoms. The highest BCUT2D eigenvalue weighted by molar-refractivity contribution is 4.43. The van der Waals surface area contributed by atoms with Gasteiger partial charge >= 0.3 is 0 Å². The van der Waals surface area contributed by atoms with Crippen LogP contribution in [-0.4, -0.2) is 26.8 Å². The first kappa shape index (κ1) is 15.4. The molecule has 1 N–H and O–H groups in total. The summed E-state index contributed by atoms with van der Waals surface area (Å²) in [6.45, 7) is 9.14. The summed E-state index contributed by atoms with van der Waals surface area (Å²) in [4.78, 5) is 0. The van der Waals surface area contributed by atoms with Crippen LogP contribution in [0.4, 0.5) is 0 Å². The summed E-state index contributed by atoms with van der Waals surface area (Å²) in [7, 11) is 1.99. The van der Waals surface area contributed by atoms with Crippen LogP contribution in [0, 0.1) is 0 Å². The summed E-state index contributed by atoms with van der Waals surface area (Å²) in [5.74, 6) is 0. The maximum absolute atomic E-state index is 5.34. The van der Waals surface area contributed by atoms with E-state index in [4.69, 9.17) is 4.74 Å². The Bertz CT molecular complexity index is 59.1. The molecule has 0 saturated heterocycles. The van der Waals surface area contributed by atoms with E-state index in [0.29, 0.717) is 0 Å². The number of unbranched alkanes of at least 4 members (excludes halogenated alkanes) is 2. The molecule has 0 aromatic carbocycles. The zero-order chi connectivity index (χ0) is 10.4. The molecule has 0 aliphatic rings. The number of ether oxygens (including phenoxy) is 1. The zero-order valence-electron chi connectivity index (χ0n) is 9.86. The van der Waals surface area contributed by atoms with Gasteiger partial charge in [0.05, 0.1) is 0 Å². The van der Waals surface area contributed by atoms with Gasteiger partial charge in [-0.05, 0) is 39.3 Å². The van der Waals surface area contributed by atoms with Crippen molar-refractivity contribution in [2.75, 3.05) is 26.8 Å². The van der Waals surface area contributed by atoms with Gasteiger partial charge in [0.15, 0.2) is 0 Å². The van der Waals surface area contributed by atoms with Crippen molar-refractivity contribution in [3.05, 3.63) is 0 Å². The lowest BCUT2D eigenvalue weighted by atomic mass is 10.2. The number of hydrogen-bond donors (Lipinski definition) is 1. The molecule has 82 valence electrons. The molecule has 0 fully saturated rings. The summed E-state index contributed by atoms with van der Waals surface area (Å²) in [6.07, 6.45) is 4.90. The van der Waals surface area contributed by atoms with Crippen LogP contribution in [-0.2, 0) is 4.74 Å². The molecule has 0 unspecified atom stereocenters. The van der Waals surface area contributed by atoms with Crippen LogP contribution in [0.2, 0.25) is 0 Å². The topological polar surface area (TPSA) is 21.3 Å². The van der Waals surface area contributed by atoms with E-state index in [1.807, 2.05) is 20.9 Å². The molecular formula is C11H27NO. The largest absolute Gasteiger partial charge is 0.381 e. The van der Waals surface area contributed by atoms with Crippen LogP contribution in [0.25, 0.3) is 0 Å². The molecule has 2 nitrogen and oxygen atoms in total. The van der Waals surface area contributed by atoms with E-state index in [9.17, 15) is 0 Å². The van der Waals surface area contributed by atoms with Gasteiger partial charge in [-0.25, -0.2) is 0 Å². The maximum atomic E-state index is 5.34. The van der Waals surface area contributed by atoms with Crippen molar-refractivity contribution in [3.8, 4) is 0 Å². The number of hydrogen-bond acceptors (Lipinski definition) is 2. The molecule has 0 aromatic heterocycles. The van der Waals surface area contributed by atoms with Gasteiger partial charge in [0, 0.05) is 13.2 Å². The maximum Gasteiger partial charge on any atom is 0.0466 e. The molecule has 0 aromatic rings. The summed E-state index contributed by atoms with van der Waals surface area (Å²) in [5, 5.41) is 3.13. The monoisotopic (exact) mass is 189 g/mol. The van der Waals surface area contributed by atoms with E-state index in [1.54, 1.807) is 0 Å². The van der Waals surface area contributed by atoms with Crippen molar-refractivity contribution in [1.82, 2.24) is 5.32 Å². The number of nitrogens with one attached hydrogen (secondary N) is 1. The van der Waals surface area contributed by atoms with Crippen LogP contribution < -0.4 is 5.32 Å². The fourth-order valence-electron chi connectivity index (χ4n) is 0.929. The average Bonchev–Trinajstić information content (AvgIpc) is 2.20. The standard InChI is InChI=1S/C9H21NO.C2H6/c1-3-8-11-9-6-4-5-7-10-2;1-2/h10H,3-9H2,1-2H3;1-2H3. The molecule has 2 heteroatoms. The summed E-state index contributed by atoms with van der Waals surface area (Å²) in [5.41, 5.74) is 0. The molecule has 0 aliphatic carbocycles. The number of rotatable bonds is 8. The first-order valence-electron chi connectivity index (χ1n) is 5.64. The van der Waals surface area contributed by atoms with Gasteiger partial charge in [-0.2, -0.15) is 0 Å². The summed E-state index contributed by atoms with van der Waals surface area (Å²) >= 11 is 0. The Morgan fingerprint density at radius 2 is 1.69 bits per heavy atom. The third-order valence-electron chi connectivity index (χ3n) is 1.56. The van der Waals surface area contributed by atoms with Gasteiger partial charge in [-0.15, -0.1) is 0 Å². The molecule has 0 saturated carbocycles. The first-order valence-corrected chi connectivity index (χ1v) is 5.64. The Morgan fingerprint density at radius 1 is 1.00 bits per heavy atom. The lowest BCUT2D eigenvalue weighted by Crippen LogP contribution is -2.07. The minimum Gasteiger partial charge on any atom is -0.381 e. The van der Waals surface area contributed by atoms with Crippen molar-refractivity contribution in [3.63, 3.8) is 0 Å². The van der Waals surface area contributed by atoms with E-state index < -0.39 is 0 Å². The van der Waals surface area contributed by atoms with Gasteiger partial charge in [0.25, 0.3) is 0 Å². The average molecular weight is 189 g/mol. The fraction of sp³-hybridized carbons (Fsp3) is 1.00. The van der Waals surface area contributed by atoms with Crippen molar-refractivity contribution < 1.29 is 4.74 Å². The lowest BCUT2D eigenvalue weighted by molar-refractivity contribution is 0.130. The van der Waals surface area contributed by atoms with Crippen LogP contribution in [0.15, 0.2) is 0 Å². The Balaban J connectivity index is 0. The molecule has 0 amide bonds. The minimum absolute atomic E-state index is 0.923. The molecule has 0 bridgehead atoms. The third kappa shape index (κ3) is 18.7. The normalized spacial score (nSPS) is 9.23. The predicted molar refractivity (Wildman–Crippen MR) is 60.2 cm³/mol. The predicted octanol–water partition coefficient (Wildman–Crippen LogP) is 2.83. The van der Waals surface area contributed by atoms with Crippen LogP contribution in [0.1, 0.15) is 46.5 Å². The fourth-order valence-corrected chi connectivity index (χ4v) is 0.929. The minimum atomic E-state index is 0.923. The molecular weight excluding hydrogens is 162 g/mol. The molecule has 0 radical (unpaired) electrons. The van der Waals surface area contributed by atoms with Crippen molar-refractivity contribution in [1.29, 1.82) is 0 Å². The van der Waals surface area contributed by atoms with Crippen molar-refractivity contribution in [2.24, 2.45) is 0 Å². The van der Waals surface area contributed by atoms with E-state index >= 15 is 0 Å². The highest BCUT2D eigenvalue weighted by Crippen LogP contribution is 1.94. The third-order valence-corrected chi connectivity index (χ3v) is 1.56. The smallest absolute Gasteiger partial charge is 0.0466 e. The van der Waals surface area contributed by atoms with Crippen molar-refractivity contribution in [2.45, 2.75) is 46.5 Å². The Labute approximate surface area is 84.1 Å².